The van der Waals surface area contributed by atoms with Crippen molar-refractivity contribution in [2.45, 2.75) is 24.4 Å². The minimum absolute atomic E-state index is 0.0827. The van der Waals surface area contributed by atoms with Gasteiger partial charge in [0.15, 0.2) is 0 Å². The SMILES string of the molecule is CCOC(=O)[C@]1(C#N)N[C@H](c2ccc([N+](=O)[O-])cc2)[C@H](C=O)[C@H]1c1ccccc1. The van der Waals surface area contributed by atoms with Crippen LogP contribution in [0.25, 0.3) is 0 Å². The highest BCUT2D eigenvalue weighted by molar-refractivity contribution is 5.88. The highest BCUT2D eigenvalue weighted by Gasteiger charge is 2.60. The largest absolute Gasteiger partial charge is 0.464 e. The first-order valence-electron chi connectivity index (χ1n) is 9.09. The molecule has 0 amide bonds. The van der Waals surface area contributed by atoms with Crippen molar-refractivity contribution in [1.29, 1.82) is 5.26 Å². The first kappa shape index (κ1) is 20.2. The Morgan fingerprint density at radius 3 is 2.41 bits per heavy atom. The van der Waals surface area contributed by atoms with E-state index in [4.69, 9.17) is 4.74 Å². The molecule has 0 aliphatic carbocycles. The van der Waals surface area contributed by atoms with Crippen LogP contribution in [-0.4, -0.2) is 29.3 Å². The maximum Gasteiger partial charge on any atom is 0.341 e. The lowest BCUT2D eigenvalue weighted by atomic mass is 9.75. The molecule has 2 aromatic carbocycles. The van der Waals surface area contributed by atoms with Crippen molar-refractivity contribution in [1.82, 2.24) is 5.32 Å². The number of hydrogen-bond donors (Lipinski definition) is 1. The lowest BCUT2D eigenvalue weighted by Gasteiger charge is -2.27. The monoisotopic (exact) mass is 393 g/mol. The number of benzene rings is 2. The summed E-state index contributed by atoms with van der Waals surface area (Å²) in [4.78, 5) is 35.4. The first-order chi connectivity index (χ1) is 14.0. The molecule has 8 heteroatoms. The van der Waals surface area contributed by atoms with Crippen molar-refractivity contribution in [3.8, 4) is 6.07 Å². The smallest absolute Gasteiger partial charge is 0.341 e. The van der Waals surface area contributed by atoms with Gasteiger partial charge < -0.3 is 9.53 Å². The Morgan fingerprint density at radius 2 is 1.90 bits per heavy atom. The Labute approximate surface area is 167 Å². The molecular formula is C21H19N3O5. The minimum atomic E-state index is -1.77. The third-order valence-electron chi connectivity index (χ3n) is 5.17. The Hall–Kier alpha value is -3.57. The number of hydrogen-bond acceptors (Lipinski definition) is 7. The van der Waals surface area contributed by atoms with Gasteiger partial charge in [0.1, 0.15) is 6.29 Å². The van der Waals surface area contributed by atoms with Crippen LogP contribution in [0.1, 0.15) is 30.0 Å². The summed E-state index contributed by atoms with van der Waals surface area (Å²) in [6.07, 6.45) is 0.717. The van der Waals surface area contributed by atoms with E-state index in [0.29, 0.717) is 11.1 Å². The van der Waals surface area contributed by atoms with Gasteiger partial charge in [-0.3, -0.25) is 15.4 Å². The summed E-state index contributed by atoms with van der Waals surface area (Å²) in [7, 11) is 0. The van der Waals surface area contributed by atoms with Crippen molar-refractivity contribution in [2.24, 2.45) is 5.92 Å². The molecule has 1 heterocycles. The van der Waals surface area contributed by atoms with Gasteiger partial charge in [0.05, 0.1) is 17.6 Å². The number of nitro groups is 1. The van der Waals surface area contributed by atoms with Crippen LogP contribution in [0.5, 0.6) is 0 Å². The van der Waals surface area contributed by atoms with E-state index in [1.807, 2.05) is 0 Å². The molecule has 0 spiro atoms. The second kappa shape index (κ2) is 8.20. The van der Waals surface area contributed by atoms with Crippen molar-refractivity contribution in [3.63, 3.8) is 0 Å². The summed E-state index contributed by atoms with van der Waals surface area (Å²) in [5.74, 6) is -2.30. The van der Waals surface area contributed by atoms with Crippen LogP contribution in [0.15, 0.2) is 54.6 Å². The van der Waals surface area contributed by atoms with E-state index in [9.17, 15) is 25.0 Å². The van der Waals surface area contributed by atoms with Crippen molar-refractivity contribution in [2.75, 3.05) is 6.61 Å². The number of esters is 1. The quantitative estimate of drug-likeness (QED) is 0.346. The van der Waals surface area contributed by atoms with Gasteiger partial charge in [0.2, 0.25) is 5.54 Å². The summed E-state index contributed by atoms with van der Waals surface area (Å²) < 4.78 is 5.17. The fraction of sp³-hybridized carbons (Fsp3) is 0.286. The van der Waals surface area contributed by atoms with Crippen LogP contribution in [0.3, 0.4) is 0 Å². The Kier molecular flexibility index (Phi) is 5.71. The lowest BCUT2D eigenvalue weighted by molar-refractivity contribution is -0.384. The van der Waals surface area contributed by atoms with E-state index in [-0.39, 0.29) is 12.3 Å². The lowest BCUT2D eigenvalue weighted by Crippen LogP contribution is -2.51. The number of nitrogens with one attached hydrogen (secondary N) is 1. The van der Waals surface area contributed by atoms with Gasteiger partial charge in [0, 0.05) is 30.0 Å². The topological polar surface area (TPSA) is 122 Å². The van der Waals surface area contributed by atoms with Crippen molar-refractivity contribution >= 4 is 17.9 Å². The van der Waals surface area contributed by atoms with E-state index >= 15 is 0 Å². The fourth-order valence-electron chi connectivity index (χ4n) is 3.89. The van der Waals surface area contributed by atoms with E-state index in [2.05, 4.69) is 11.4 Å². The fourth-order valence-corrected chi connectivity index (χ4v) is 3.89. The molecule has 0 aromatic heterocycles. The Morgan fingerprint density at radius 1 is 1.24 bits per heavy atom. The van der Waals surface area contributed by atoms with Gasteiger partial charge >= 0.3 is 5.97 Å². The number of carbonyl (C=O) groups excluding carboxylic acids is 2. The first-order valence-corrected chi connectivity index (χ1v) is 9.09. The molecule has 29 heavy (non-hydrogen) atoms. The maximum atomic E-state index is 12.9. The number of nitro benzene ring substituents is 1. The number of nitriles is 1. The highest BCUT2D eigenvalue weighted by atomic mass is 16.6. The van der Waals surface area contributed by atoms with Gasteiger partial charge in [0.25, 0.3) is 5.69 Å². The number of rotatable bonds is 6. The molecule has 1 fully saturated rings. The Bertz CT molecular complexity index is 955. The molecule has 148 valence electrons. The van der Waals surface area contributed by atoms with Crippen LogP contribution in [0.4, 0.5) is 5.69 Å². The summed E-state index contributed by atoms with van der Waals surface area (Å²) >= 11 is 0. The zero-order valence-corrected chi connectivity index (χ0v) is 15.6. The normalized spacial score (nSPS) is 25.7. The second-order valence-electron chi connectivity index (χ2n) is 6.71. The van der Waals surface area contributed by atoms with Crippen molar-refractivity contribution < 1.29 is 19.2 Å². The molecule has 1 saturated heterocycles. The molecule has 2 aromatic rings. The van der Waals surface area contributed by atoms with Gasteiger partial charge in [-0.15, -0.1) is 0 Å². The van der Waals surface area contributed by atoms with E-state index in [1.165, 1.54) is 24.3 Å². The molecule has 0 saturated carbocycles. The van der Waals surface area contributed by atoms with E-state index in [1.54, 1.807) is 37.3 Å². The number of ether oxygens (including phenoxy) is 1. The minimum Gasteiger partial charge on any atom is -0.464 e. The van der Waals surface area contributed by atoms with Crippen LogP contribution in [0.2, 0.25) is 0 Å². The van der Waals surface area contributed by atoms with E-state index < -0.39 is 34.3 Å². The summed E-state index contributed by atoms with van der Waals surface area (Å²) in [6, 6.07) is 15.9. The summed E-state index contributed by atoms with van der Waals surface area (Å²) in [5, 5.41) is 24.0. The molecule has 1 aliphatic rings. The molecule has 0 unspecified atom stereocenters. The molecule has 0 bridgehead atoms. The number of aldehydes is 1. The predicted molar refractivity (Wildman–Crippen MR) is 103 cm³/mol. The molecular weight excluding hydrogens is 374 g/mol. The van der Waals surface area contributed by atoms with Gasteiger partial charge in [-0.05, 0) is 18.1 Å². The van der Waals surface area contributed by atoms with Crippen LogP contribution >= 0.6 is 0 Å². The van der Waals surface area contributed by atoms with Crippen LogP contribution in [0, 0.1) is 27.4 Å². The van der Waals surface area contributed by atoms with Crippen molar-refractivity contribution in [3.05, 3.63) is 75.8 Å². The van der Waals surface area contributed by atoms with Gasteiger partial charge in [-0.25, -0.2) is 4.79 Å². The molecule has 1 N–H and O–H groups in total. The highest BCUT2D eigenvalue weighted by Crippen LogP contribution is 2.48. The molecule has 1 aliphatic heterocycles. The zero-order valence-electron chi connectivity index (χ0n) is 15.6. The number of carbonyl (C=O) groups is 2. The third kappa shape index (κ3) is 3.48. The standard InChI is InChI=1S/C21H19N3O5/c1-2-29-20(26)21(13-22)18(14-6-4-3-5-7-14)17(12-25)19(23-21)15-8-10-16(11-9-15)24(27)28/h3-12,17-19,23H,2H2,1H3/t17-,18-,19-,21-/m1/s1. The van der Waals surface area contributed by atoms with Crippen LogP contribution < -0.4 is 5.32 Å². The third-order valence-corrected chi connectivity index (χ3v) is 5.17. The van der Waals surface area contributed by atoms with Gasteiger partial charge in [-0.1, -0.05) is 42.5 Å². The maximum absolute atomic E-state index is 12.9. The average Bonchev–Trinajstić information content (AvgIpc) is 3.10. The second-order valence-corrected chi connectivity index (χ2v) is 6.71. The average molecular weight is 393 g/mol. The molecule has 8 nitrogen and oxygen atoms in total. The number of non-ortho nitro benzene ring substituents is 1. The Balaban J connectivity index is 2.13. The summed E-state index contributed by atoms with van der Waals surface area (Å²) in [6.45, 7) is 1.72. The van der Waals surface area contributed by atoms with Crippen LogP contribution in [-0.2, 0) is 14.3 Å². The number of nitrogens with zero attached hydrogens (tertiary/aromatic N) is 2. The molecule has 4 atom stereocenters. The molecule has 0 radical (unpaired) electrons. The zero-order chi connectivity index (χ0) is 21.0. The van der Waals surface area contributed by atoms with Gasteiger partial charge in [-0.2, -0.15) is 5.26 Å². The molecule has 3 rings (SSSR count). The summed E-state index contributed by atoms with van der Waals surface area (Å²) in [5.41, 5.74) is -0.646. The predicted octanol–water partition coefficient (Wildman–Crippen LogP) is 2.66. The van der Waals surface area contributed by atoms with E-state index in [0.717, 1.165) is 6.29 Å².